The van der Waals surface area contributed by atoms with Crippen LogP contribution < -0.4 is 0 Å². The highest BCUT2D eigenvalue weighted by Crippen LogP contribution is 2.49. The maximum absolute atomic E-state index is 12.2. The fourth-order valence-electron chi connectivity index (χ4n) is 1.61. The van der Waals surface area contributed by atoms with E-state index >= 15 is 0 Å². The Balaban J connectivity index is 2.38. The van der Waals surface area contributed by atoms with Crippen molar-refractivity contribution in [3.63, 3.8) is 0 Å². The zero-order valence-corrected chi connectivity index (χ0v) is 13.1. The maximum Gasteiger partial charge on any atom is 0.474 e. The Hall–Kier alpha value is 0.0300. The molecule has 7 heteroatoms. The van der Waals surface area contributed by atoms with Gasteiger partial charge in [0.1, 0.15) is 6.10 Å². The summed E-state index contributed by atoms with van der Waals surface area (Å²) in [5, 5.41) is 0. The van der Waals surface area contributed by atoms with E-state index in [1.807, 2.05) is 20.8 Å². The lowest BCUT2D eigenvalue weighted by molar-refractivity contribution is -0.142. The third-order valence-electron chi connectivity index (χ3n) is 2.52. The molecule has 0 aromatic carbocycles. The largest absolute Gasteiger partial charge is 0.474 e. The summed E-state index contributed by atoms with van der Waals surface area (Å²) >= 11 is 0. The summed E-state index contributed by atoms with van der Waals surface area (Å²) < 4.78 is 38.9. The van der Waals surface area contributed by atoms with Crippen LogP contribution >= 0.6 is 7.82 Å². The fraction of sp³-hybridized carbons (Fsp3) is 1.00. The van der Waals surface area contributed by atoms with Crippen molar-refractivity contribution in [3.05, 3.63) is 0 Å². The Kier molecular flexibility index (Phi) is 6.94. The number of hydrogen-bond acceptors (Lipinski definition) is 6. The number of rotatable bonds is 9. The lowest BCUT2D eigenvalue weighted by Gasteiger charge is -2.20. The van der Waals surface area contributed by atoms with E-state index in [-0.39, 0.29) is 19.3 Å². The third-order valence-corrected chi connectivity index (χ3v) is 4.06. The van der Waals surface area contributed by atoms with Crippen LogP contribution in [0.5, 0.6) is 0 Å². The number of ether oxygens (including phenoxy) is 2. The summed E-state index contributed by atoms with van der Waals surface area (Å²) in [5.74, 6) is -0.618. The second-order valence-corrected chi connectivity index (χ2v) is 6.47. The molecule has 19 heavy (non-hydrogen) atoms. The van der Waals surface area contributed by atoms with Gasteiger partial charge in [0.2, 0.25) is 0 Å². The molecule has 1 aliphatic rings. The lowest BCUT2D eigenvalue weighted by atomic mass is 10.4. The van der Waals surface area contributed by atoms with Gasteiger partial charge in [-0.15, -0.1) is 0 Å². The zero-order valence-electron chi connectivity index (χ0n) is 12.2. The van der Waals surface area contributed by atoms with Crippen molar-refractivity contribution in [2.75, 3.05) is 26.4 Å². The highest BCUT2D eigenvalue weighted by Gasteiger charge is 2.35. The van der Waals surface area contributed by atoms with E-state index in [9.17, 15) is 4.57 Å². The minimum atomic E-state index is -3.48. The zero-order chi connectivity index (χ0) is 14.4. The van der Waals surface area contributed by atoms with Gasteiger partial charge in [0.15, 0.2) is 5.79 Å². The van der Waals surface area contributed by atoms with E-state index < -0.39 is 13.6 Å². The highest BCUT2D eigenvalue weighted by molar-refractivity contribution is 7.48. The van der Waals surface area contributed by atoms with Crippen molar-refractivity contribution in [3.8, 4) is 0 Å². The highest BCUT2D eigenvalue weighted by atomic mass is 31.2. The molecule has 1 saturated heterocycles. The Morgan fingerprint density at radius 3 is 2.53 bits per heavy atom. The van der Waals surface area contributed by atoms with Crippen LogP contribution in [0.2, 0.25) is 0 Å². The average molecular weight is 296 g/mol. The molecule has 0 saturated carbocycles. The van der Waals surface area contributed by atoms with Crippen molar-refractivity contribution in [2.45, 2.75) is 52.4 Å². The van der Waals surface area contributed by atoms with Gasteiger partial charge in [-0.3, -0.25) is 13.6 Å². The molecule has 6 nitrogen and oxygen atoms in total. The quantitative estimate of drug-likeness (QED) is 0.481. The van der Waals surface area contributed by atoms with Gasteiger partial charge >= 0.3 is 7.82 Å². The molecule has 2 unspecified atom stereocenters. The van der Waals surface area contributed by atoms with Crippen molar-refractivity contribution in [1.29, 1.82) is 0 Å². The number of unbranched alkanes of at least 4 members (excludes halogenated alkanes) is 1. The molecule has 0 bridgehead atoms. The van der Waals surface area contributed by atoms with Crippen LogP contribution in [-0.2, 0) is 27.6 Å². The van der Waals surface area contributed by atoms with Crippen LogP contribution in [-0.4, -0.2) is 38.3 Å². The molecule has 1 fully saturated rings. The summed E-state index contributed by atoms with van der Waals surface area (Å²) in [4.78, 5) is 0. The summed E-state index contributed by atoms with van der Waals surface area (Å²) in [7, 11) is -3.48. The second-order valence-electron chi connectivity index (χ2n) is 4.80. The molecule has 0 N–H and O–H groups in total. The molecule has 0 aromatic heterocycles. The molecule has 0 amide bonds. The molecule has 0 aliphatic carbocycles. The average Bonchev–Trinajstić information content (AvgIpc) is 2.68. The van der Waals surface area contributed by atoms with Crippen molar-refractivity contribution < 1.29 is 27.6 Å². The number of phosphoric acid groups is 1. The van der Waals surface area contributed by atoms with Gasteiger partial charge in [-0.1, -0.05) is 13.3 Å². The molecule has 0 spiro atoms. The van der Waals surface area contributed by atoms with Crippen molar-refractivity contribution in [2.24, 2.45) is 0 Å². The van der Waals surface area contributed by atoms with Crippen LogP contribution in [0.3, 0.4) is 0 Å². The Bertz CT molecular complexity index is 307. The summed E-state index contributed by atoms with van der Waals surface area (Å²) in [6.45, 7) is 8.61. The van der Waals surface area contributed by atoms with E-state index in [0.29, 0.717) is 13.2 Å². The Labute approximate surface area is 115 Å². The smallest absolute Gasteiger partial charge is 0.348 e. The predicted octanol–water partition coefficient (Wildman–Crippen LogP) is 3.12. The summed E-state index contributed by atoms with van der Waals surface area (Å²) in [6, 6.07) is 0. The first kappa shape index (κ1) is 17.1. The first-order valence-corrected chi connectivity index (χ1v) is 8.22. The van der Waals surface area contributed by atoms with Gasteiger partial charge in [0.05, 0.1) is 26.4 Å². The van der Waals surface area contributed by atoms with Gasteiger partial charge < -0.3 is 9.47 Å². The molecule has 114 valence electrons. The molecular weight excluding hydrogens is 271 g/mol. The van der Waals surface area contributed by atoms with Crippen LogP contribution in [0.1, 0.15) is 40.5 Å². The molecule has 1 heterocycles. The minimum absolute atomic E-state index is 0.132. The first-order chi connectivity index (χ1) is 8.91. The summed E-state index contributed by atoms with van der Waals surface area (Å²) in [6.07, 6.45) is 1.52. The maximum atomic E-state index is 12.2. The molecule has 1 aliphatic heterocycles. The number of hydrogen-bond donors (Lipinski definition) is 0. The fourth-order valence-corrected chi connectivity index (χ4v) is 2.85. The van der Waals surface area contributed by atoms with Gasteiger partial charge in [-0.2, -0.15) is 0 Å². The van der Waals surface area contributed by atoms with Crippen LogP contribution in [0.25, 0.3) is 0 Å². The van der Waals surface area contributed by atoms with E-state index in [1.165, 1.54) is 0 Å². The van der Waals surface area contributed by atoms with Crippen molar-refractivity contribution >= 4 is 7.82 Å². The molecule has 0 radical (unpaired) electrons. The molecule has 2 atom stereocenters. The van der Waals surface area contributed by atoms with Crippen LogP contribution in [0.15, 0.2) is 0 Å². The van der Waals surface area contributed by atoms with Crippen molar-refractivity contribution in [1.82, 2.24) is 0 Å². The normalized spacial score (nSPS) is 25.4. The van der Waals surface area contributed by atoms with E-state index in [1.54, 1.807) is 6.92 Å². The molecule has 0 aromatic rings. The predicted molar refractivity (Wildman–Crippen MR) is 70.9 cm³/mol. The molecule has 1 rings (SSSR count). The van der Waals surface area contributed by atoms with E-state index in [4.69, 9.17) is 23.0 Å². The third kappa shape index (κ3) is 6.34. The monoisotopic (exact) mass is 296 g/mol. The van der Waals surface area contributed by atoms with Crippen LogP contribution in [0, 0.1) is 0 Å². The topological polar surface area (TPSA) is 63.2 Å². The standard InChI is InChI=1S/C12H25O6P/c1-5-7-8-16-19(13,15-6-2)17-10-11-9-14-12(3,4)18-11/h11H,5-10H2,1-4H3. The van der Waals surface area contributed by atoms with Gasteiger partial charge in [-0.05, 0) is 27.2 Å². The Morgan fingerprint density at radius 2 is 2.00 bits per heavy atom. The Morgan fingerprint density at radius 1 is 1.26 bits per heavy atom. The van der Waals surface area contributed by atoms with E-state index in [2.05, 4.69) is 0 Å². The SMILES string of the molecule is CCCCOP(=O)(OCC)OCC1COC(C)(C)O1. The number of phosphoric ester groups is 1. The van der Waals surface area contributed by atoms with Gasteiger partial charge in [0.25, 0.3) is 0 Å². The van der Waals surface area contributed by atoms with Crippen LogP contribution in [0.4, 0.5) is 0 Å². The lowest BCUT2D eigenvalue weighted by Crippen LogP contribution is -2.24. The molecular formula is C12H25O6P. The van der Waals surface area contributed by atoms with E-state index in [0.717, 1.165) is 12.8 Å². The minimum Gasteiger partial charge on any atom is -0.348 e. The van der Waals surface area contributed by atoms with Gasteiger partial charge in [-0.25, -0.2) is 4.57 Å². The van der Waals surface area contributed by atoms with Gasteiger partial charge in [0, 0.05) is 0 Å². The first-order valence-electron chi connectivity index (χ1n) is 6.76. The second kappa shape index (κ2) is 7.72. The summed E-state index contributed by atoms with van der Waals surface area (Å²) in [5.41, 5.74) is 0.